The summed E-state index contributed by atoms with van der Waals surface area (Å²) in [5, 5.41) is 11.8. The number of benzene rings is 2. The first-order valence-corrected chi connectivity index (χ1v) is 13.5. The number of anilines is 2. The quantitative estimate of drug-likeness (QED) is 0.297. The maximum atomic E-state index is 15.0. The molecule has 3 rings (SSSR count). The predicted molar refractivity (Wildman–Crippen MR) is 156 cm³/mol. The number of aldehydes is 1. The molecule has 0 radical (unpaired) electrons. The molecule has 1 N–H and O–H groups in total. The molecule has 2 aromatic rings. The van der Waals surface area contributed by atoms with Crippen LogP contribution >= 0.6 is 23.8 Å². The Morgan fingerprint density at radius 3 is 2.32 bits per heavy atom. The molecule has 0 aliphatic heterocycles. The first kappa shape index (κ1) is 31.2. The fraction of sp³-hybridized carbons (Fsp3) is 0.448. The van der Waals surface area contributed by atoms with Crippen LogP contribution in [0.15, 0.2) is 36.4 Å². The molecule has 0 unspecified atom stereocenters. The summed E-state index contributed by atoms with van der Waals surface area (Å²) in [5.74, 6) is -0.755. The highest BCUT2D eigenvalue weighted by atomic mass is 35.5. The summed E-state index contributed by atoms with van der Waals surface area (Å²) < 4.78 is 15.0. The molecule has 1 aliphatic carbocycles. The summed E-state index contributed by atoms with van der Waals surface area (Å²) in [6.07, 6.45) is 4.43. The number of hydrogen-bond donors (Lipinski definition) is 1. The minimum Gasteiger partial charge on any atom is -0.359 e. The van der Waals surface area contributed by atoms with Crippen LogP contribution in [0.2, 0.25) is 5.02 Å². The molecule has 1 fully saturated rings. The van der Waals surface area contributed by atoms with Crippen molar-refractivity contribution in [3.05, 3.63) is 58.4 Å². The molecule has 1 saturated carbocycles. The zero-order valence-electron chi connectivity index (χ0n) is 22.9. The maximum absolute atomic E-state index is 15.0. The largest absolute Gasteiger partial charge is 0.359 e. The van der Waals surface area contributed by atoms with Crippen molar-refractivity contribution >= 4 is 52.5 Å². The van der Waals surface area contributed by atoms with Gasteiger partial charge in [0.15, 0.2) is 10.9 Å². The standard InChI is InChI=1S/C27H30ClFN4O2S.C2H6/c1-26(2,24(35)31-3)15-12-18-6-9-20(10-7-18)33(27(17-34)13-5-14-27)25(36)32(4)21-11-8-19(16-30)22(28)23(21)29;1-2/h6-11,17H,5,12-15H2,1-4H3,(H,31,35);1-2H3. The van der Waals surface area contributed by atoms with Crippen LogP contribution in [0.1, 0.15) is 64.5 Å². The lowest BCUT2D eigenvalue weighted by Crippen LogP contribution is -2.60. The van der Waals surface area contributed by atoms with E-state index in [2.05, 4.69) is 5.32 Å². The van der Waals surface area contributed by atoms with Crippen molar-refractivity contribution in [2.45, 2.75) is 65.3 Å². The van der Waals surface area contributed by atoms with E-state index in [4.69, 9.17) is 29.1 Å². The van der Waals surface area contributed by atoms with Gasteiger partial charge in [0.2, 0.25) is 5.91 Å². The average molecular weight is 559 g/mol. The number of amides is 1. The normalized spacial score (nSPS) is 13.7. The van der Waals surface area contributed by atoms with E-state index < -0.39 is 16.8 Å². The van der Waals surface area contributed by atoms with Gasteiger partial charge in [0.25, 0.3) is 0 Å². The Kier molecular flexibility index (Phi) is 10.8. The molecule has 0 bridgehead atoms. The lowest BCUT2D eigenvalue weighted by atomic mass is 9.76. The molecular formula is C29H36ClFN4O2S. The Labute approximate surface area is 235 Å². The summed E-state index contributed by atoms with van der Waals surface area (Å²) in [5.41, 5.74) is 0.599. The second-order valence-corrected chi connectivity index (χ2v) is 10.5. The van der Waals surface area contributed by atoms with E-state index in [1.165, 1.54) is 17.0 Å². The van der Waals surface area contributed by atoms with Crippen LogP contribution in [-0.4, -0.2) is 36.9 Å². The van der Waals surface area contributed by atoms with Gasteiger partial charge in [-0.05, 0) is 74.2 Å². The smallest absolute Gasteiger partial charge is 0.225 e. The van der Waals surface area contributed by atoms with Gasteiger partial charge >= 0.3 is 0 Å². The molecule has 2 aromatic carbocycles. The van der Waals surface area contributed by atoms with Gasteiger partial charge in [-0.2, -0.15) is 5.26 Å². The van der Waals surface area contributed by atoms with Crippen molar-refractivity contribution in [3.63, 3.8) is 0 Å². The lowest BCUT2D eigenvalue weighted by Gasteiger charge is -2.49. The summed E-state index contributed by atoms with van der Waals surface area (Å²) in [4.78, 5) is 27.6. The SMILES string of the molecule is CC.CNC(=O)C(C)(C)CCc1ccc(N(C(=S)N(C)c2ccc(C#N)c(Cl)c2F)C2(C=O)CCC2)cc1. The molecular weight excluding hydrogens is 523 g/mol. The van der Waals surface area contributed by atoms with Crippen LogP contribution in [0.5, 0.6) is 0 Å². The van der Waals surface area contributed by atoms with Gasteiger partial charge in [-0.1, -0.05) is 51.4 Å². The topological polar surface area (TPSA) is 76.4 Å². The highest BCUT2D eigenvalue weighted by molar-refractivity contribution is 7.80. The summed E-state index contributed by atoms with van der Waals surface area (Å²) in [6.45, 7) is 7.82. The van der Waals surface area contributed by atoms with E-state index in [9.17, 15) is 9.59 Å². The molecule has 204 valence electrons. The summed E-state index contributed by atoms with van der Waals surface area (Å²) in [6, 6.07) is 12.5. The van der Waals surface area contributed by atoms with Crippen LogP contribution in [0.4, 0.5) is 15.8 Å². The summed E-state index contributed by atoms with van der Waals surface area (Å²) >= 11 is 11.8. The van der Waals surface area contributed by atoms with Crippen LogP contribution in [0.25, 0.3) is 0 Å². The number of thiocarbonyl (C=S) groups is 1. The Hall–Kier alpha value is -3.02. The van der Waals surface area contributed by atoms with Crippen LogP contribution < -0.4 is 15.1 Å². The van der Waals surface area contributed by atoms with Crippen LogP contribution in [0.3, 0.4) is 0 Å². The fourth-order valence-corrected chi connectivity index (χ4v) is 4.94. The van der Waals surface area contributed by atoms with E-state index in [1.807, 2.05) is 58.0 Å². The van der Waals surface area contributed by atoms with E-state index in [-0.39, 0.29) is 27.3 Å². The first-order chi connectivity index (χ1) is 18.0. The molecule has 6 nitrogen and oxygen atoms in total. The van der Waals surface area contributed by atoms with Gasteiger partial charge < -0.3 is 19.9 Å². The minimum atomic E-state index is -0.819. The number of aryl methyl sites for hydroxylation is 1. The molecule has 0 spiro atoms. The zero-order valence-corrected chi connectivity index (χ0v) is 24.5. The third-order valence-corrected chi connectivity index (χ3v) is 7.81. The van der Waals surface area contributed by atoms with Crippen molar-refractivity contribution < 1.29 is 14.0 Å². The molecule has 1 aliphatic rings. The molecule has 1 amide bonds. The van der Waals surface area contributed by atoms with Crippen molar-refractivity contribution in [1.29, 1.82) is 5.26 Å². The Morgan fingerprint density at radius 2 is 1.84 bits per heavy atom. The number of nitriles is 1. The second-order valence-electron chi connectivity index (χ2n) is 9.75. The van der Waals surface area contributed by atoms with Gasteiger partial charge in [-0.15, -0.1) is 0 Å². The number of carbonyl (C=O) groups excluding carboxylic acids is 2. The van der Waals surface area contributed by atoms with E-state index >= 15 is 4.39 Å². The first-order valence-electron chi connectivity index (χ1n) is 12.7. The number of nitrogens with zero attached hydrogens (tertiary/aromatic N) is 3. The van der Waals surface area contributed by atoms with Crippen molar-refractivity contribution in [1.82, 2.24) is 5.32 Å². The van der Waals surface area contributed by atoms with Gasteiger partial charge in [0, 0.05) is 25.2 Å². The third-order valence-electron chi connectivity index (χ3n) is 6.98. The molecule has 9 heteroatoms. The van der Waals surface area contributed by atoms with Crippen LogP contribution in [0, 0.1) is 22.6 Å². The van der Waals surface area contributed by atoms with E-state index in [0.29, 0.717) is 31.4 Å². The number of hydrogen-bond acceptors (Lipinski definition) is 4. The number of nitrogens with one attached hydrogen (secondary N) is 1. The Bertz CT molecular complexity index is 1210. The predicted octanol–water partition coefficient (Wildman–Crippen LogP) is 6.43. The number of carbonyl (C=O) groups is 2. The highest BCUT2D eigenvalue weighted by Gasteiger charge is 2.45. The average Bonchev–Trinajstić information content (AvgIpc) is 2.91. The Morgan fingerprint density at radius 1 is 1.24 bits per heavy atom. The van der Waals surface area contributed by atoms with E-state index in [0.717, 1.165) is 18.3 Å². The third kappa shape index (κ3) is 6.33. The Balaban J connectivity index is 0.00000247. The highest BCUT2D eigenvalue weighted by Crippen LogP contribution is 2.41. The number of halogens is 2. The van der Waals surface area contributed by atoms with E-state index in [1.54, 1.807) is 19.0 Å². The second kappa shape index (κ2) is 13.2. The van der Waals surface area contributed by atoms with Gasteiger partial charge in [-0.3, -0.25) is 4.79 Å². The molecule has 38 heavy (non-hydrogen) atoms. The lowest BCUT2D eigenvalue weighted by molar-refractivity contribution is -0.129. The molecule has 0 aromatic heterocycles. The number of rotatable bonds is 8. The zero-order chi connectivity index (χ0) is 28.7. The van der Waals surface area contributed by atoms with Gasteiger partial charge in [0.05, 0.1) is 16.3 Å². The van der Waals surface area contributed by atoms with Crippen LogP contribution in [-0.2, 0) is 16.0 Å². The van der Waals surface area contributed by atoms with Crippen molar-refractivity contribution in [2.75, 3.05) is 23.9 Å². The molecule has 0 saturated heterocycles. The van der Waals surface area contributed by atoms with Gasteiger partial charge in [-0.25, -0.2) is 4.39 Å². The molecule has 0 heterocycles. The maximum Gasteiger partial charge on any atom is 0.225 e. The fourth-order valence-electron chi connectivity index (χ4n) is 4.35. The summed E-state index contributed by atoms with van der Waals surface area (Å²) in [7, 11) is 3.25. The van der Waals surface area contributed by atoms with Gasteiger partial charge in [0.1, 0.15) is 17.9 Å². The minimum absolute atomic E-state index is 0.00766. The molecule has 0 atom stereocenters. The van der Waals surface area contributed by atoms with Crippen molar-refractivity contribution in [2.24, 2.45) is 5.41 Å². The van der Waals surface area contributed by atoms with Crippen molar-refractivity contribution in [3.8, 4) is 6.07 Å². The monoisotopic (exact) mass is 558 g/mol.